The lowest BCUT2D eigenvalue weighted by molar-refractivity contribution is -0.137. The van der Waals surface area contributed by atoms with Gasteiger partial charge in [0.25, 0.3) is 0 Å². The van der Waals surface area contributed by atoms with Gasteiger partial charge in [-0.3, -0.25) is 38.5 Å². The minimum atomic E-state index is -0.775. The summed E-state index contributed by atoms with van der Waals surface area (Å²) in [6, 6.07) is 16.1. The summed E-state index contributed by atoms with van der Waals surface area (Å²) in [7, 11) is 0. The van der Waals surface area contributed by atoms with Crippen LogP contribution < -0.4 is 21.3 Å². The molecule has 0 aliphatic heterocycles. The molecular weight excluding hydrogens is 1180 g/mol. The maximum atomic E-state index is 13.1. The maximum absolute atomic E-state index is 13.1. The lowest BCUT2D eigenvalue weighted by atomic mass is 9.71. The zero-order valence-corrected chi connectivity index (χ0v) is 57.1. The Hall–Kier alpha value is -6.68. The second kappa shape index (κ2) is 38.2. The predicted octanol–water partition coefficient (Wildman–Crippen LogP) is 10.1. The van der Waals surface area contributed by atoms with Crippen molar-refractivity contribution in [3.63, 3.8) is 0 Å². The average Bonchev–Trinajstić information content (AvgIpc) is 1.47. The third kappa shape index (κ3) is 26.6. The summed E-state index contributed by atoms with van der Waals surface area (Å²) in [6.45, 7) is 38.6. The highest BCUT2D eigenvalue weighted by Gasteiger charge is 2.41. The van der Waals surface area contributed by atoms with Gasteiger partial charge in [-0.2, -0.15) is 0 Å². The molecule has 0 aliphatic rings. The van der Waals surface area contributed by atoms with Crippen LogP contribution in [0.5, 0.6) is 0 Å². The van der Waals surface area contributed by atoms with Gasteiger partial charge in [-0.05, 0) is 165 Å². The molecule has 2 aromatic carbocycles. The van der Waals surface area contributed by atoms with E-state index in [0.29, 0.717) is 53.1 Å². The first-order valence-corrected chi connectivity index (χ1v) is 32.5. The second-order valence-electron chi connectivity index (χ2n) is 25.0. The van der Waals surface area contributed by atoms with Crippen LogP contribution in [0.4, 0.5) is 0 Å². The molecule has 22 heteroatoms. The Morgan fingerprint density at radius 3 is 1.47 bits per heavy atom. The lowest BCUT2D eigenvalue weighted by Gasteiger charge is -2.35. The molecular formula is C68H102Cl2N14O6. The Morgan fingerprint density at radius 1 is 0.611 bits per heavy atom. The van der Waals surface area contributed by atoms with E-state index in [-0.39, 0.29) is 43.3 Å². The second-order valence-corrected chi connectivity index (χ2v) is 25.9. The van der Waals surface area contributed by atoms with Gasteiger partial charge >= 0.3 is 0 Å². The van der Waals surface area contributed by atoms with Crippen LogP contribution in [-0.2, 0) is 58.2 Å². The highest BCUT2D eigenvalue weighted by molar-refractivity contribution is 6.31. The molecule has 6 aromatic rings. The molecule has 0 saturated carbocycles. The van der Waals surface area contributed by atoms with Crippen molar-refractivity contribution in [3.05, 3.63) is 130 Å². The number of aromatic nitrogens is 8. The fourth-order valence-electron chi connectivity index (χ4n) is 10.4. The molecule has 0 fully saturated rings. The minimum Gasteiger partial charge on any atom is -0.392 e. The zero-order chi connectivity index (χ0) is 66.6. The molecule has 5 atom stereocenters. The Labute approximate surface area is 544 Å². The van der Waals surface area contributed by atoms with Crippen LogP contribution in [0.2, 0.25) is 10.0 Å². The van der Waals surface area contributed by atoms with Gasteiger partial charge < -0.3 is 41.3 Å². The third-order valence-corrected chi connectivity index (χ3v) is 16.4. The topological polar surface area (TPSA) is 251 Å². The van der Waals surface area contributed by atoms with Crippen LogP contribution in [-0.4, -0.2) is 148 Å². The van der Waals surface area contributed by atoms with E-state index in [1.54, 1.807) is 27.7 Å². The predicted molar refractivity (Wildman–Crippen MR) is 361 cm³/mol. The van der Waals surface area contributed by atoms with Gasteiger partial charge in [0.2, 0.25) is 23.6 Å². The summed E-state index contributed by atoms with van der Waals surface area (Å²) in [6.07, 6.45) is 14.0. The Kier molecular flexibility index (Phi) is 32.2. The van der Waals surface area contributed by atoms with Gasteiger partial charge in [-0.25, -0.2) is 0 Å². The number of aliphatic hydroxyl groups is 2. The largest absolute Gasteiger partial charge is 0.392 e. The summed E-state index contributed by atoms with van der Waals surface area (Å²) in [5.41, 5.74) is 5.44. The van der Waals surface area contributed by atoms with E-state index >= 15 is 0 Å². The number of pyridine rings is 2. The number of hydrogen-bond acceptors (Lipinski definition) is 14. The van der Waals surface area contributed by atoms with E-state index in [0.717, 1.165) is 106 Å². The number of halogens is 2. The summed E-state index contributed by atoms with van der Waals surface area (Å²) < 4.78 is 3.67. The first-order valence-electron chi connectivity index (χ1n) is 31.7. The molecule has 6 N–H and O–H groups in total. The van der Waals surface area contributed by atoms with Crippen molar-refractivity contribution < 1.29 is 29.4 Å². The molecule has 20 nitrogen and oxygen atoms in total. The van der Waals surface area contributed by atoms with Gasteiger partial charge in [0.15, 0.2) is 0 Å². The van der Waals surface area contributed by atoms with Crippen LogP contribution >= 0.6 is 23.2 Å². The normalized spacial score (nSPS) is 13.5. The maximum Gasteiger partial charge on any atom is 0.246 e. The Morgan fingerprint density at radius 2 is 1.04 bits per heavy atom. The van der Waals surface area contributed by atoms with Crippen molar-refractivity contribution in [2.45, 2.75) is 173 Å². The number of hydrogen-bond donors (Lipinski definition) is 6. The van der Waals surface area contributed by atoms with Crippen molar-refractivity contribution in [2.24, 2.45) is 22.7 Å². The number of nitrogens with zero attached hydrogens (tertiary/aromatic N) is 10. The standard InChI is InChI=1S/C35H54ClN7O3.C26H35ClN6O.C7H13NO2/c1-8-35(7,33(46)38-21-26(4)44)24-34(5,6)32(45)39-22-29-23-43(41-40-29)18-17-42(9-2)16-10-11-25(3)19-27-14-15-37-31-20-28(36)12-13-30(27)31;1-5-32(13-14-33-18-23(30-31-33)17-29-26(34)19(2)3)12-6-7-20(4)15-21-10-11-28-25-16-22(27)8-9-24(21)25;1-5(2)7(10)8-4-6(3)9/h12-15,20,23,25-26,44H,8-11,16-19,21-22,24H2,1-7H3,(H,38,46)(H,39,45);8-11,16,18,20H,2,5-7,12-15,17H2,1,3-4H3,(H,29,34);6,9H,1,4H2,2-3H3,(H,8,10). The van der Waals surface area contributed by atoms with Crippen LogP contribution in [0.1, 0.15) is 144 Å². The van der Waals surface area contributed by atoms with E-state index in [2.05, 4.69) is 127 Å². The monoisotopic (exact) mass is 1280 g/mol. The smallest absolute Gasteiger partial charge is 0.246 e. The van der Waals surface area contributed by atoms with E-state index < -0.39 is 23.0 Å². The number of nitrogens with one attached hydrogen (secondary N) is 4. The van der Waals surface area contributed by atoms with Crippen molar-refractivity contribution in [1.82, 2.24) is 71.0 Å². The van der Waals surface area contributed by atoms with Gasteiger partial charge in [0.1, 0.15) is 11.4 Å². The summed E-state index contributed by atoms with van der Waals surface area (Å²) in [5, 5.41) is 50.0. The van der Waals surface area contributed by atoms with Crippen molar-refractivity contribution >= 4 is 68.6 Å². The van der Waals surface area contributed by atoms with Crippen LogP contribution in [0.15, 0.2) is 97.6 Å². The third-order valence-electron chi connectivity index (χ3n) is 16.0. The number of carbonyl (C=O) groups is 4. The molecule has 0 saturated heterocycles. The van der Waals surface area contributed by atoms with E-state index in [1.807, 2.05) is 86.1 Å². The molecule has 5 unspecified atom stereocenters. The van der Waals surface area contributed by atoms with Crippen molar-refractivity contribution in [3.8, 4) is 0 Å². The van der Waals surface area contributed by atoms with E-state index in [1.165, 1.54) is 28.3 Å². The fraction of sp³-hybridized carbons (Fsp3) is 0.559. The summed E-state index contributed by atoms with van der Waals surface area (Å²) in [5.74, 6) is 0.481. The highest BCUT2D eigenvalue weighted by Crippen LogP contribution is 2.37. The molecule has 6 rings (SSSR count). The first-order chi connectivity index (χ1) is 42.6. The minimum absolute atomic E-state index is 0.141. The number of likely N-dealkylation sites (N-methyl/N-ethyl adjacent to an activating group) is 2. The molecule has 0 radical (unpaired) electrons. The SMILES string of the molecule is C=C(C)C(=O)NCC(C)O.C=C(C)C(=O)NCc1cn(CCN(CC)CCCC(C)Cc2ccnc3cc(Cl)ccc23)nn1.CCN(CCCC(C)Cc1ccnc2cc(Cl)ccc12)CCn1cc(CNC(=O)C(C)(C)CC(C)(CC)C(=O)NCC(C)O)nn1. The molecule has 4 aromatic heterocycles. The number of amides is 4. The molecule has 0 bridgehead atoms. The molecule has 4 amide bonds. The number of rotatable bonds is 35. The molecule has 90 heavy (non-hydrogen) atoms. The molecule has 494 valence electrons. The van der Waals surface area contributed by atoms with E-state index in [9.17, 15) is 24.3 Å². The Balaban J connectivity index is 0.000000343. The van der Waals surface area contributed by atoms with Crippen LogP contribution in [0, 0.1) is 22.7 Å². The average molecular weight is 1280 g/mol. The quantitative estimate of drug-likeness (QED) is 0.0203. The molecule has 0 spiro atoms. The summed E-state index contributed by atoms with van der Waals surface area (Å²) >= 11 is 12.3. The fourth-order valence-corrected chi connectivity index (χ4v) is 10.7. The first kappa shape index (κ1) is 75.8. The van der Waals surface area contributed by atoms with Crippen LogP contribution in [0.25, 0.3) is 21.8 Å². The van der Waals surface area contributed by atoms with E-state index in [4.69, 9.17) is 28.3 Å². The number of fused-ring (bicyclic) bond motifs is 2. The highest BCUT2D eigenvalue weighted by atomic mass is 35.5. The van der Waals surface area contributed by atoms with Crippen LogP contribution in [0.3, 0.4) is 0 Å². The van der Waals surface area contributed by atoms with Gasteiger partial charge in [0.05, 0.1) is 61.8 Å². The zero-order valence-electron chi connectivity index (χ0n) is 55.5. The number of benzene rings is 2. The van der Waals surface area contributed by atoms with Gasteiger partial charge in [-0.15, -0.1) is 10.2 Å². The number of carbonyl (C=O) groups excluding carboxylic acids is 4. The molecule has 4 heterocycles. The molecule has 0 aliphatic carbocycles. The van der Waals surface area contributed by atoms with Gasteiger partial charge in [-0.1, -0.05) is 114 Å². The van der Waals surface area contributed by atoms with Crippen molar-refractivity contribution in [2.75, 3.05) is 52.4 Å². The summed E-state index contributed by atoms with van der Waals surface area (Å²) in [4.78, 5) is 62.1. The van der Waals surface area contributed by atoms with Gasteiger partial charge in [0, 0.05) is 81.4 Å². The number of aliphatic hydroxyl groups excluding tert-OH is 2. The lowest BCUT2D eigenvalue weighted by Crippen LogP contribution is -2.47. The Bertz CT molecular complexity index is 3240. The van der Waals surface area contributed by atoms with Crippen molar-refractivity contribution in [1.29, 1.82) is 0 Å².